The lowest BCUT2D eigenvalue weighted by molar-refractivity contribution is -0.135. The maximum absolute atomic E-state index is 13.6. The lowest BCUT2D eigenvalue weighted by atomic mass is 9.80. The van der Waals surface area contributed by atoms with E-state index >= 15 is 0 Å². The van der Waals surface area contributed by atoms with Gasteiger partial charge in [-0.05, 0) is 36.1 Å². The summed E-state index contributed by atoms with van der Waals surface area (Å²) in [6.45, 7) is -0.467. The Balaban J connectivity index is 1.33. The van der Waals surface area contributed by atoms with Gasteiger partial charge >= 0.3 is 6.03 Å². The molecule has 2 aromatic carbocycles. The molecule has 1 aromatic heterocycles. The Morgan fingerprint density at radius 3 is 2.32 bits per heavy atom. The van der Waals surface area contributed by atoms with Crippen LogP contribution >= 0.6 is 0 Å². The summed E-state index contributed by atoms with van der Waals surface area (Å²) in [4.78, 5) is 56.1. The predicted octanol–water partition coefficient (Wildman–Crippen LogP) is 4.22. The van der Waals surface area contributed by atoms with Gasteiger partial charge in [0, 0.05) is 43.4 Å². The number of rotatable bonds is 5. The van der Waals surface area contributed by atoms with Crippen LogP contribution in [0.3, 0.4) is 0 Å². The van der Waals surface area contributed by atoms with Crippen LogP contribution < -0.4 is 5.32 Å². The standard InChI is InChI=1S/C27H26F2N4O4/c1-32(2)23(35)21-14-19-18(4-3-5-20(19)30-21)16-6-8-17(9-7-16)22(34)15-33-24(36)26(31-25(33)37)10-12-27(28,29)13-11-26/h3-9,14,30H,10-13,15H2,1-2H3,(H,31,37). The molecular formula is C27H26F2N4O4. The number of nitrogens with zero attached hydrogens (tertiary/aromatic N) is 2. The van der Waals surface area contributed by atoms with Crippen LogP contribution in [-0.4, -0.2) is 70.5 Å². The van der Waals surface area contributed by atoms with E-state index in [0.29, 0.717) is 11.3 Å². The van der Waals surface area contributed by atoms with Crippen molar-refractivity contribution in [1.29, 1.82) is 0 Å². The Kier molecular flexibility index (Phi) is 5.85. The number of fused-ring (bicyclic) bond motifs is 1. The summed E-state index contributed by atoms with van der Waals surface area (Å²) in [6, 6.07) is 13.5. The first-order valence-electron chi connectivity index (χ1n) is 12.0. The summed E-state index contributed by atoms with van der Waals surface area (Å²) >= 11 is 0. The highest BCUT2D eigenvalue weighted by Crippen LogP contribution is 2.41. The van der Waals surface area contributed by atoms with Crippen LogP contribution in [0.15, 0.2) is 48.5 Å². The van der Waals surface area contributed by atoms with E-state index in [2.05, 4.69) is 10.3 Å². The summed E-state index contributed by atoms with van der Waals surface area (Å²) in [5.41, 5.74) is 1.91. The highest BCUT2D eigenvalue weighted by atomic mass is 19.3. The third-order valence-corrected chi connectivity index (χ3v) is 7.20. The van der Waals surface area contributed by atoms with Crippen molar-refractivity contribution in [2.45, 2.75) is 37.1 Å². The van der Waals surface area contributed by atoms with Crippen molar-refractivity contribution in [2.75, 3.05) is 20.6 Å². The van der Waals surface area contributed by atoms with Gasteiger partial charge in [0.1, 0.15) is 11.2 Å². The van der Waals surface area contributed by atoms with E-state index in [1.807, 2.05) is 18.2 Å². The van der Waals surface area contributed by atoms with Gasteiger partial charge in [-0.2, -0.15) is 0 Å². The highest BCUT2D eigenvalue weighted by Gasteiger charge is 2.55. The first-order valence-corrected chi connectivity index (χ1v) is 12.0. The van der Waals surface area contributed by atoms with Gasteiger partial charge in [0.05, 0.1) is 6.54 Å². The van der Waals surface area contributed by atoms with Gasteiger partial charge in [-0.3, -0.25) is 19.3 Å². The monoisotopic (exact) mass is 508 g/mol. The number of alkyl halides is 2. The minimum Gasteiger partial charge on any atom is -0.351 e. The third kappa shape index (κ3) is 4.36. The molecule has 2 aliphatic rings. The first-order chi connectivity index (χ1) is 17.5. The van der Waals surface area contributed by atoms with E-state index in [4.69, 9.17) is 0 Å². The van der Waals surface area contributed by atoms with Crippen LogP contribution in [0.25, 0.3) is 22.0 Å². The molecule has 192 valence electrons. The molecule has 0 atom stereocenters. The van der Waals surface area contributed by atoms with E-state index in [1.165, 1.54) is 4.90 Å². The van der Waals surface area contributed by atoms with Gasteiger partial charge in [0.25, 0.3) is 11.8 Å². The average Bonchev–Trinajstić information content (AvgIpc) is 3.40. The minimum atomic E-state index is -2.85. The molecule has 3 aromatic rings. The molecule has 1 spiro atoms. The molecule has 10 heteroatoms. The normalized spacial score (nSPS) is 18.3. The Bertz CT molecular complexity index is 1420. The largest absolute Gasteiger partial charge is 0.351 e. The van der Waals surface area contributed by atoms with E-state index in [9.17, 15) is 28.0 Å². The number of aromatic amines is 1. The number of aromatic nitrogens is 1. The maximum Gasteiger partial charge on any atom is 0.325 e. The topological polar surface area (TPSA) is 103 Å². The van der Waals surface area contributed by atoms with Gasteiger partial charge < -0.3 is 15.2 Å². The number of H-pyrrole nitrogens is 1. The number of benzene rings is 2. The number of halogens is 2. The molecule has 37 heavy (non-hydrogen) atoms. The fourth-order valence-corrected chi connectivity index (χ4v) is 5.03. The number of nitrogens with one attached hydrogen (secondary N) is 2. The zero-order chi connectivity index (χ0) is 26.5. The third-order valence-electron chi connectivity index (χ3n) is 7.20. The van der Waals surface area contributed by atoms with Crippen LogP contribution in [0.4, 0.5) is 13.6 Å². The molecule has 8 nitrogen and oxygen atoms in total. The molecule has 1 aliphatic heterocycles. The Hall–Kier alpha value is -4.08. The van der Waals surface area contributed by atoms with Crippen molar-refractivity contribution < 1.29 is 28.0 Å². The maximum atomic E-state index is 13.6. The van der Waals surface area contributed by atoms with Gasteiger partial charge in [-0.25, -0.2) is 13.6 Å². The quantitative estimate of drug-likeness (QED) is 0.398. The van der Waals surface area contributed by atoms with Crippen LogP contribution in [0.1, 0.15) is 46.5 Å². The molecule has 4 amide bonds. The van der Waals surface area contributed by atoms with Crippen LogP contribution in [-0.2, 0) is 4.79 Å². The van der Waals surface area contributed by atoms with E-state index in [1.54, 1.807) is 44.4 Å². The smallest absolute Gasteiger partial charge is 0.325 e. The van der Waals surface area contributed by atoms with Crippen molar-refractivity contribution in [3.8, 4) is 11.1 Å². The molecule has 0 unspecified atom stereocenters. The number of imide groups is 1. The summed E-state index contributed by atoms with van der Waals surface area (Å²) in [5.74, 6) is -4.06. The van der Waals surface area contributed by atoms with E-state index < -0.39 is 48.6 Å². The number of carbonyl (C=O) groups excluding carboxylic acids is 4. The Morgan fingerprint density at radius 1 is 1.00 bits per heavy atom. The van der Waals surface area contributed by atoms with Crippen molar-refractivity contribution in [3.63, 3.8) is 0 Å². The van der Waals surface area contributed by atoms with Gasteiger partial charge in [0.2, 0.25) is 5.92 Å². The number of Topliss-reactive ketones (excluding diaryl/α,β-unsaturated/α-hetero) is 1. The van der Waals surface area contributed by atoms with Crippen LogP contribution in [0.2, 0.25) is 0 Å². The molecule has 2 fully saturated rings. The Labute approximate surface area is 211 Å². The predicted molar refractivity (Wildman–Crippen MR) is 132 cm³/mol. The van der Waals surface area contributed by atoms with Crippen molar-refractivity contribution in [2.24, 2.45) is 0 Å². The second kappa shape index (κ2) is 8.79. The van der Waals surface area contributed by atoms with E-state index in [0.717, 1.165) is 26.9 Å². The number of carbonyl (C=O) groups is 4. The van der Waals surface area contributed by atoms with Crippen molar-refractivity contribution in [3.05, 3.63) is 59.8 Å². The number of urea groups is 1. The molecule has 2 heterocycles. The van der Waals surface area contributed by atoms with Crippen LogP contribution in [0.5, 0.6) is 0 Å². The summed E-state index contributed by atoms with van der Waals surface area (Å²) in [5, 5.41) is 3.41. The second-order valence-corrected chi connectivity index (χ2v) is 9.91. The lowest BCUT2D eigenvalue weighted by Gasteiger charge is -2.34. The molecule has 2 N–H and O–H groups in total. The Morgan fingerprint density at radius 2 is 1.68 bits per heavy atom. The molecular weight excluding hydrogens is 482 g/mol. The molecule has 5 rings (SSSR count). The molecule has 0 radical (unpaired) electrons. The number of hydrogen-bond acceptors (Lipinski definition) is 4. The minimum absolute atomic E-state index is 0.146. The van der Waals surface area contributed by atoms with Gasteiger partial charge in [0.15, 0.2) is 5.78 Å². The fraction of sp³-hybridized carbons (Fsp3) is 0.333. The van der Waals surface area contributed by atoms with Crippen LogP contribution in [0, 0.1) is 0 Å². The lowest BCUT2D eigenvalue weighted by Crippen LogP contribution is -2.51. The van der Waals surface area contributed by atoms with E-state index in [-0.39, 0.29) is 18.7 Å². The molecule has 1 aliphatic carbocycles. The molecule has 0 bridgehead atoms. The van der Waals surface area contributed by atoms with Gasteiger partial charge in [-0.15, -0.1) is 0 Å². The first kappa shape index (κ1) is 24.6. The summed E-state index contributed by atoms with van der Waals surface area (Å²) < 4.78 is 27.2. The average molecular weight is 509 g/mol. The number of ketones is 1. The highest BCUT2D eigenvalue weighted by molar-refractivity contribution is 6.11. The number of amides is 4. The van der Waals surface area contributed by atoms with Crippen molar-refractivity contribution in [1.82, 2.24) is 20.1 Å². The zero-order valence-corrected chi connectivity index (χ0v) is 20.4. The second-order valence-electron chi connectivity index (χ2n) is 9.91. The SMILES string of the molecule is CN(C)C(=O)c1cc2c(-c3ccc(C(=O)CN4C(=O)NC5(CCC(F)(F)CC5)C4=O)cc3)cccc2[nH]1. The summed E-state index contributed by atoms with van der Waals surface area (Å²) in [7, 11) is 3.36. The molecule has 1 saturated heterocycles. The van der Waals surface area contributed by atoms with Gasteiger partial charge in [-0.1, -0.05) is 36.4 Å². The number of hydrogen-bond donors (Lipinski definition) is 2. The zero-order valence-electron chi connectivity index (χ0n) is 20.4. The molecule has 1 saturated carbocycles. The fourth-order valence-electron chi connectivity index (χ4n) is 5.03. The van der Waals surface area contributed by atoms with Crippen molar-refractivity contribution >= 4 is 34.5 Å². The summed E-state index contributed by atoms with van der Waals surface area (Å²) in [6.07, 6.45) is -1.28.